The normalized spacial score (nSPS) is 9.50. The minimum Gasteiger partial charge on any atom is -0.481 e. The molecule has 1 heterocycles. The Labute approximate surface area is 93.9 Å². The highest BCUT2D eigenvalue weighted by atomic mass is 16.4. The molecule has 0 atom stereocenters. The van der Waals surface area contributed by atoms with Gasteiger partial charge in [-0.2, -0.15) is 5.26 Å². The Morgan fingerprint density at radius 3 is 3.06 bits per heavy atom. The van der Waals surface area contributed by atoms with Crippen LogP contribution in [0.1, 0.15) is 18.4 Å². The molecule has 0 radical (unpaired) electrons. The molecule has 0 aliphatic carbocycles. The summed E-state index contributed by atoms with van der Waals surface area (Å²) in [5, 5.41) is 17.2. The highest BCUT2D eigenvalue weighted by molar-refractivity contribution is 5.66. The van der Waals surface area contributed by atoms with Gasteiger partial charge in [0.05, 0.1) is 11.6 Å². The second kappa shape index (κ2) is 5.71. The predicted molar refractivity (Wildman–Crippen MR) is 59.1 cm³/mol. The van der Waals surface area contributed by atoms with Crippen LogP contribution < -0.4 is 4.90 Å². The van der Waals surface area contributed by atoms with Gasteiger partial charge in [-0.05, 0) is 18.6 Å². The van der Waals surface area contributed by atoms with Gasteiger partial charge in [0.1, 0.15) is 5.82 Å². The highest BCUT2D eigenvalue weighted by Gasteiger charge is 2.04. The molecule has 84 valence electrons. The number of aromatic nitrogens is 1. The van der Waals surface area contributed by atoms with Crippen molar-refractivity contribution in [3.63, 3.8) is 0 Å². The smallest absolute Gasteiger partial charge is 0.303 e. The number of rotatable bonds is 5. The Morgan fingerprint density at radius 1 is 1.69 bits per heavy atom. The zero-order valence-corrected chi connectivity index (χ0v) is 9.05. The minimum atomic E-state index is -0.799. The van der Waals surface area contributed by atoms with Crippen molar-refractivity contribution < 1.29 is 9.90 Å². The monoisotopic (exact) mass is 219 g/mol. The lowest BCUT2D eigenvalue weighted by Gasteiger charge is -2.17. The minimum absolute atomic E-state index is 0.141. The highest BCUT2D eigenvalue weighted by Crippen LogP contribution is 2.10. The third-order valence-corrected chi connectivity index (χ3v) is 2.15. The summed E-state index contributed by atoms with van der Waals surface area (Å²) in [6.45, 7) is 0.605. The van der Waals surface area contributed by atoms with E-state index in [2.05, 4.69) is 4.98 Å². The molecule has 1 N–H and O–H groups in total. The molecule has 0 aliphatic heterocycles. The van der Waals surface area contributed by atoms with E-state index >= 15 is 0 Å². The first-order chi connectivity index (χ1) is 7.63. The van der Waals surface area contributed by atoms with Crippen LogP contribution in [0.2, 0.25) is 0 Å². The van der Waals surface area contributed by atoms with E-state index in [-0.39, 0.29) is 6.42 Å². The summed E-state index contributed by atoms with van der Waals surface area (Å²) in [4.78, 5) is 16.3. The van der Waals surface area contributed by atoms with Gasteiger partial charge in [-0.1, -0.05) is 0 Å². The lowest BCUT2D eigenvalue weighted by molar-refractivity contribution is -0.137. The van der Waals surface area contributed by atoms with Gasteiger partial charge in [0, 0.05) is 26.2 Å². The van der Waals surface area contributed by atoms with E-state index in [0.29, 0.717) is 24.3 Å². The van der Waals surface area contributed by atoms with Gasteiger partial charge in [-0.15, -0.1) is 0 Å². The van der Waals surface area contributed by atoms with Gasteiger partial charge in [0.2, 0.25) is 0 Å². The van der Waals surface area contributed by atoms with Crippen LogP contribution in [0.25, 0.3) is 0 Å². The SMILES string of the molecule is CN(CCCC(=O)O)c1cc(C#N)ccn1. The molecule has 1 aromatic heterocycles. The van der Waals surface area contributed by atoms with E-state index < -0.39 is 5.97 Å². The van der Waals surface area contributed by atoms with E-state index in [1.807, 2.05) is 18.0 Å². The predicted octanol–water partition coefficient (Wildman–Crippen LogP) is 1.25. The molecule has 0 aliphatic rings. The summed E-state index contributed by atoms with van der Waals surface area (Å²) in [6.07, 6.45) is 2.27. The van der Waals surface area contributed by atoms with Crippen LogP contribution in [0.4, 0.5) is 5.82 Å². The molecular weight excluding hydrogens is 206 g/mol. The molecule has 0 spiro atoms. The van der Waals surface area contributed by atoms with Crippen molar-refractivity contribution in [2.75, 3.05) is 18.5 Å². The number of aliphatic carboxylic acids is 1. The molecule has 5 heteroatoms. The number of carbonyl (C=O) groups is 1. The van der Waals surface area contributed by atoms with Crippen molar-refractivity contribution in [3.8, 4) is 6.07 Å². The zero-order valence-electron chi connectivity index (χ0n) is 9.05. The van der Waals surface area contributed by atoms with Crippen LogP contribution in [0.15, 0.2) is 18.3 Å². The van der Waals surface area contributed by atoms with Crippen LogP contribution in [0.3, 0.4) is 0 Å². The summed E-state index contributed by atoms with van der Waals surface area (Å²) in [5.41, 5.74) is 0.551. The number of pyridine rings is 1. The molecule has 0 saturated carbocycles. The van der Waals surface area contributed by atoms with E-state index in [1.165, 1.54) is 0 Å². The molecular formula is C11H13N3O2. The average molecular weight is 219 g/mol. The third-order valence-electron chi connectivity index (χ3n) is 2.15. The average Bonchev–Trinajstić information content (AvgIpc) is 2.28. The summed E-state index contributed by atoms with van der Waals surface area (Å²) < 4.78 is 0. The first kappa shape index (κ1) is 12.0. The van der Waals surface area contributed by atoms with Crippen molar-refractivity contribution in [3.05, 3.63) is 23.9 Å². The number of nitrogens with zero attached hydrogens (tertiary/aromatic N) is 3. The molecule has 0 saturated heterocycles. The maximum absolute atomic E-state index is 10.3. The second-order valence-corrected chi connectivity index (χ2v) is 3.43. The van der Waals surface area contributed by atoms with Gasteiger partial charge in [-0.25, -0.2) is 4.98 Å². The molecule has 0 fully saturated rings. The first-order valence-electron chi connectivity index (χ1n) is 4.92. The molecule has 5 nitrogen and oxygen atoms in total. The van der Waals surface area contributed by atoms with Crippen molar-refractivity contribution in [1.29, 1.82) is 5.26 Å². The number of nitriles is 1. The first-order valence-corrected chi connectivity index (χ1v) is 4.92. The third kappa shape index (κ3) is 3.58. The maximum Gasteiger partial charge on any atom is 0.303 e. The summed E-state index contributed by atoms with van der Waals surface area (Å²) in [7, 11) is 1.82. The van der Waals surface area contributed by atoms with Gasteiger partial charge < -0.3 is 10.0 Å². The number of carboxylic acids is 1. The van der Waals surface area contributed by atoms with Crippen LogP contribution in [-0.4, -0.2) is 29.7 Å². The number of hydrogen-bond acceptors (Lipinski definition) is 4. The van der Waals surface area contributed by atoms with Crippen molar-refractivity contribution >= 4 is 11.8 Å². The van der Waals surface area contributed by atoms with Crippen LogP contribution >= 0.6 is 0 Å². The van der Waals surface area contributed by atoms with Crippen LogP contribution in [0.5, 0.6) is 0 Å². The Hall–Kier alpha value is -2.09. The lowest BCUT2D eigenvalue weighted by atomic mass is 10.2. The quantitative estimate of drug-likeness (QED) is 0.806. The van der Waals surface area contributed by atoms with Crippen LogP contribution in [-0.2, 0) is 4.79 Å². The fourth-order valence-corrected chi connectivity index (χ4v) is 1.28. The van der Waals surface area contributed by atoms with E-state index in [4.69, 9.17) is 10.4 Å². The Morgan fingerprint density at radius 2 is 2.44 bits per heavy atom. The summed E-state index contributed by atoms with van der Waals surface area (Å²) in [6, 6.07) is 5.35. The molecule has 1 aromatic rings. The lowest BCUT2D eigenvalue weighted by Crippen LogP contribution is -2.20. The van der Waals surface area contributed by atoms with Gasteiger partial charge in [0.25, 0.3) is 0 Å². The molecule has 0 amide bonds. The van der Waals surface area contributed by atoms with Gasteiger partial charge in [0.15, 0.2) is 0 Å². The van der Waals surface area contributed by atoms with Crippen LogP contribution in [0, 0.1) is 11.3 Å². The number of hydrogen-bond donors (Lipinski definition) is 1. The molecule has 0 bridgehead atoms. The van der Waals surface area contributed by atoms with Gasteiger partial charge in [-0.3, -0.25) is 4.79 Å². The number of anilines is 1. The van der Waals surface area contributed by atoms with E-state index in [0.717, 1.165) is 0 Å². The topological polar surface area (TPSA) is 77.2 Å². The fraction of sp³-hybridized carbons (Fsp3) is 0.364. The van der Waals surface area contributed by atoms with Gasteiger partial charge >= 0.3 is 5.97 Å². The Bertz CT molecular complexity index is 412. The Balaban J connectivity index is 2.55. The van der Waals surface area contributed by atoms with Crippen molar-refractivity contribution in [2.24, 2.45) is 0 Å². The Kier molecular flexibility index (Phi) is 4.28. The molecule has 16 heavy (non-hydrogen) atoms. The molecule has 0 unspecified atom stereocenters. The van der Waals surface area contributed by atoms with E-state index in [9.17, 15) is 4.79 Å². The molecule has 1 rings (SSSR count). The van der Waals surface area contributed by atoms with E-state index in [1.54, 1.807) is 18.3 Å². The standard InChI is InChI=1S/C11H13N3O2/c1-14(6-2-3-11(15)16)10-7-9(8-12)4-5-13-10/h4-5,7H,2-3,6H2,1H3,(H,15,16). The second-order valence-electron chi connectivity index (χ2n) is 3.43. The van der Waals surface area contributed by atoms with Crippen molar-refractivity contribution in [1.82, 2.24) is 4.98 Å². The fourth-order valence-electron chi connectivity index (χ4n) is 1.28. The summed E-state index contributed by atoms with van der Waals surface area (Å²) in [5.74, 6) is -0.114. The molecule has 0 aromatic carbocycles. The van der Waals surface area contributed by atoms with Crippen molar-refractivity contribution in [2.45, 2.75) is 12.8 Å². The zero-order chi connectivity index (χ0) is 12.0. The summed E-state index contributed by atoms with van der Waals surface area (Å²) >= 11 is 0. The maximum atomic E-state index is 10.3. The number of carboxylic acid groups (broad SMARTS) is 1. The largest absolute Gasteiger partial charge is 0.481 e.